The number of hydrogen-bond donors (Lipinski definition) is 1. The Morgan fingerprint density at radius 3 is 2.68 bits per heavy atom. The molecule has 2 heterocycles. The number of carbonyl (C=O) groups excluding carboxylic acids is 1. The summed E-state index contributed by atoms with van der Waals surface area (Å²) in [6.45, 7) is 7.39. The molecule has 0 spiro atoms. The van der Waals surface area contributed by atoms with Gasteiger partial charge in [-0.25, -0.2) is 9.59 Å². The maximum atomic E-state index is 11.9. The van der Waals surface area contributed by atoms with Gasteiger partial charge >= 0.3 is 11.9 Å². The van der Waals surface area contributed by atoms with Crippen LogP contribution in [0.25, 0.3) is 0 Å². The van der Waals surface area contributed by atoms with E-state index in [2.05, 4.69) is 36.9 Å². The number of carbonyl (C=O) groups is 2. The van der Waals surface area contributed by atoms with E-state index in [1.54, 1.807) is 12.2 Å². The molecule has 0 unspecified atom stereocenters. The molecule has 2 aliphatic heterocycles. The molecule has 2 aromatic carbocycles. The van der Waals surface area contributed by atoms with E-state index in [1.165, 1.54) is 22.3 Å². The van der Waals surface area contributed by atoms with Gasteiger partial charge in [-0.2, -0.15) is 0 Å². The molecule has 1 N–H and O–H groups in total. The van der Waals surface area contributed by atoms with Crippen LogP contribution in [0.4, 0.5) is 5.69 Å². The van der Waals surface area contributed by atoms with E-state index < -0.39 is 11.9 Å². The number of ether oxygens (including phenoxy) is 2. The first-order chi connectivity index (χ1) is 16.4. The lowest BCUT2D eigenvalue weighted by molar-refractivity contribution is -0.183. The van der Waals surface area contributed by atoms with Gasteiger partial charge < -0.3 is 24.3 Å². The fraction of sp³-hybridized carbons (Fsp3) is 0.385. The highest BCUT2D eigenvalue weighted by Crippen LogP contribution is 2.41. The van der Waals surface area contributed by atoms with Crippen molar-refractivity contribution in [2.45, 2.75) is 33.2 Å². The van der Waals surface area contributed by atoms with Gasteiger partial charge in [0.1, 0.15) is 18.1 Å². The molecule has 180 valence electrons. The van der Waals surface area contributed by atoms with Crippen LogP contribution in [-0.2, 0) is 33.8 Å². The zero-order valence-electron chi connectivity index (χ0n) is 19.8. The van der Waals surface area contributed by atoms with Gasteiger partial charge in [0.15, 0.2) is 0 Å². The monoisotopic (exact) mass is 466 g/mol. The first kappa shape index (κ1) is 23.6. The number of carboxylic acids is 1. The molecule has 8 nitrogen and oxygen atoms in total. The fourth-order valence-electron chi connectivity index (χ4n) is 4.71. The van der Waals surface area contributed by atoms with Gasteiger partial charge in [-0.1, -0.05) is 17.7 Å². The quantitative estimate of drug-likeness (QED) is 0.650. The van der Waals surface area contributed by atoms with Crippen LogP contribution in [0.15, 0.2) is 36.4 Å². The summed E-state index contributed by atoms with van der Waals surface area (Å²) in [4.78, 5) is 30.2. The van der Waals surface area contributed by atoms with Crippen LogP contribution in [0.2, 0.25) is 0 Å². The van der Waals surface area contributed by atoms with Crippen LogP contribution in [0.3, 0.4) is 0 Å². The van der Waals surface area contributed by atoms with Crippen molar-refractivity contribution < 1.29 is 29.0 Å². The van der Waals surface area contributed by atoms with Crippen molar-refractivity contribution >= 4 is 17.6 Å². The minimum absolute atomic E-state index is 0.530. The van der Waals surface area contributed by atoms with E-state index in [-0.39, 0.29) is 0 Å². The summed E-state index contributed by atoms with van der Waals surface area (Å²) in [5.74, 6) is -0.121. The molecule has 0 bridgehead atoms. The van der Waals surface area contributed by atoms with Gasteiger partial charge in [0, 0.05) is 37.3 Å². The van der Waals surface area contributed by atoms with Crippen molar-refractivity contribution in [1.29, 1.82) is 0 Å². The van der Waals surface area contributed by atoms with Gasteiger partial charge in [0.05, 0.1) is 19.3 Å². The molecule has 0 saturated carbocycles. The zero-order valence-corrected chi connectivity index (χ0v) is 19.8. The zero-order chi connectivity index (χ0) is 24.2. The lowest BCUT2D eigenvalue weighted by atomic mass is 9.94. The van der Waals surface area contributed by atoms with Gasteiger partial charge in [-0.15, -0.1) is 5.06 Å². The third-order valence-electron chi connectivity index (χ3n) is 6.29. The number of carboxylic acid groups (broad SMARTS) is 1. The molecule has 0 atom stereocenters. The van der Waals surface area contributed by atoms with Crippen LogP contribution in [0.5, 0.6) is 11.5 Å². The number of anilines is 1. The second kappa shape index (κ2) is 10.2. The largest absolute Gasteiger partial charge is 0.496 e. The normalized spacial score (nSPS) is 15.8. The second-order valence-corrected chi connectivity index (χ2v) is 8.58. The SMILES string of the molecule is COc1ccc(C)cc1CN1CCOc2cc3c(c(C)c21)CCN(OC(=O)/C=C/C(=O)O)CC3. The van der Waals surface area contributed by atoms with Gasteiger partial charge in [-0.05, 0) is 55.5 Å². The topological polar surface area (TPSA) is 88.5 Å². The molecule has 34 heavy (non-hydrogen) atoms. The summed E-state index contributed by atoms with van der Waals surface area (Å²) >= 11 is 0. The number of methoxy groups -OCH3 is 1. The predicted octanol–water partition coefficient (Wildman–Crippen LogP) is 3.21. The first-order valence-corrected chi connectivity index (χ1v) is 11.4. The van der Waals surface area contributed by atoms with E-state index in [0.717, 1.165) is 48.0 Å². The average molecular weight is 467 g/mol. The minimum atomic E-state index is -1.19. The maximum Gasteiger partial charge on any atom is 0.349 e. The van der Waals surface area contributed by atoms with E-state index in [0.29, 0.717) is 32.5 Å². The molecular formula is C26H30N2O6. The van der Waals surface area contributed by atoms with Gasteiger partial charge in [0.25, 0.3) is 0 Å². The highest BCUT2D eigenvalue weighted by molar-refractivity contribution is 5.90. The Kier molecular flexibility index (Phi) is 7.07. The summed E-state index contributed by atoms with van der Waals surface area (Å²) < 4.78 is 11.7. The highest BCUT2D eigenvalue weighted by Gasteiger charge is 2.27. The summed E-state index contributed by atoms with van der Waals surface area (Å²) in [6.07, 6.45) is 3.12. The molecule has 2 aliphatic rings. The Bertz CT molecular complexity index is 1130. The van der Waals surface area contributed by atoms with Gasteiger partial charge in [-0.3, -0.25) is 0 Å². The molecule has 0 saturated heterocycles. The van der Waals surface area contributed by atoms with Crippen molar-refractivity contribution in [1.82, 2.24) is 5.06 Å². The standard InChI is InChI=1S/C26H30N2O6/c1-17-4-5-22(32-3)20(14-17)16-27-12-13-33-23-15-19-8-10-28(34-25(31)7-6-24(29)30)11-9-21(19)18(2)26(23)27/h4-7,14-15H,8-13,16H2,1-3H3,(H,29,30)/b7-6+. The summed E-state index contributed by atoms with van der Waals surface area (Å²) in [5.41, 5.74) is 7.03. The fourth-order valence-corrected chi connectivity index (χ4v) is 4.71. The summed E-state index contributed by atoms with van der Waals surface area (Å²) in [5, 5.41) is 10.3. The number of aryl methyl sites for hydroxylation is 1. The number of benzene rings is 2. The number of aliphatic carboxylic acids is 1. The Morgan fingerprint density at radius 1 is 1.12 bits per heavy atom. The smallest absolute Gasteiger partial charge is 0.349 e. The molecule has 0 amide bonds. The Balaban J connectivity index is 1.56. The van der Waals surface area contributed by atoms with Crippen molar-refractivity contribution in [3.8, 4) is 11.5 Å². The lowest BCUT2D eigenvalue weighted by Crippen LogP contribution is -2.33. The number of nitrogens with zero attached hydrogens (tertiary/aromatic N) is 2. The van der Waals surface area contributed by atoms with Crippen LogP contribution >= 0.6 is 0 Å². The Labute approximate surface area is 199 Å². The number of fused-ring (bicyclic) bond motifs is 2. The second-order valence-electron chi connectivity index (χ2n) is 8.58. The number of hydrogen-bond acceptors (Lipinski definition) is 7. The average Bonchev–Trinajstić information content (AvgIpc) is 3.00. The molecule has 0 fully saturated rings. The third-order valence-corrected chi connectivity index (χ3v) is 6.29. The van der Waals surface area contributed by atoms with E-state index >= 15 is 0 Å². The van der Waals surface area contributed by atoms with Crippen LogP contribution < -0.4 is 14.4 Å². The van der Waals surface area contributed by atoms with E-state index in [9.17, 15) is 9.59 Å². The number of hydroxylamine groups is 2. The maximum absolute atomic E-state index is 11.9. The van der Waals surface area contributed by atoms with Crippen LogP contribution in [0.1, 0.15) is 27.8 Å². The third kappa shape index (κ3) is 5.17. The summed E-state index contributed by atoms with van der Waals surface area (Å²) in [7, 11) is 1.70. The van der Waals surface area contributed by atoms with Gasteiger partial charge in [0.2, 0.25) is 0 Å². The van der Waals surface area contributed by atoms with Crippen LogP contribution in [0, 0.1) is 13.8 Å². The van der Waals surface area contributed by atoms with Crippen molar-refractivity contribution in [2.24, 2.45) is 0 Å². The molecule has 8 heteroatoms. The molecular weight excluding hydrogens is 436 g/mol. The Hall–Kier alpha value is -3.52. The predicted molar refractivity (Wildman–Crippen MR) is 127 cm³/mol. The highest BCUT2D eigenvalue weighted by atomic mass is 16.7. The number of rotatable bonds is 6. The molecule has 0 aromatic heterocycles. The summed E-state index contributed by atoms with van der Waals surface area (Å²) in [6, 6.07) is 8.35. The molecule has 2 aromatic rings. The van der Waals surface area contributed by atoms with Crippen molar-refractivity contribution in [3.05, 3.63) is 64.2 Å². The van der Waals surface area contributed by atoms with E-state index in [1.807, 2.05) is 6.07 Å². The van der Waals surface area contributed by atoms with Crippen LogP contribution in [-0.4, -0.2) is 55.5 Å². The molecule has 4 rings (SSSR count). The first-order valence-electron chi connectivity index (χ1n) is 11.4. The van der Waals surface area contributed by atoms with Crippen molar-refractivity contribution in [2.75, 3.05) is 38.3 Å². The lowest BCUT2D eigenvalue weighted by Gasteiger charge is -2.34. The van der Waals surface area contributed by atoms with Crippen molar-refractivity contribution in [3.63, 3.8) is 0 Å². The van der Waals surface area contributed by atoms with E-state index in [4.69, 9.17) is 19.4 Å². The Morgan fingerprint density at radius 2 is 1.91 bits per heavy atom. The minimum Gasteiger partial charge on any atom is -0.496 e. The molecule has 0 aliphatic carbocycles. The molecule has 0 radical (unpaired) electrons.